The fraction of sp³-hybridized carbons (Fsp3) is 0.500. The first-order valence-electron chi connectivity index (χ1n) is 4.88. The van der Waals surface area contributed by atoms with E-state index < -0.39 is 0 Å². The van der Waals surface area contributed by atoms with Crippen LogP contribution in [0.2, 0.25) is 0 Å². The van der Waals surface area contributed by atoms with E-state index in [0.29, 0.717) is 5.41 Å². The van der Waals surface area contributed by atoms with Crippen molar-refractivity contribution in [2.24, 2.45) is 11.1 Å². The molecule has 0 unspecified atom stereocenters. The molecule has 2 N–H and O–H groups in total. The van der Waals surface area contributed by atoms with Gasteiger partial charge < -0.3 is 5.73 Å². The van der Waals surface area contributed by atoms with Gasteiger partial charge in [-0.15, -0.1) is 0 Å². The molecule has 1 heteroatoms. The quantitative estimate of drug-likeness (QED) is 0.733. The highest BCUT2D eigenvalue weighted by Crippen LogP contribution is 2.63. The van der Waals surface area contributed by atoms with Crippen LogP contribution in [0.4, 0.5) is 0 Å². The Hall–Kier alpha value is -0.820. The third-order valence-corrected chi connectivity index (χ3v) is 3.59. The predicted octanol–water partition coefficient (Wildman–Crippen LogP) is 2.31. The van der Waals surface area contributed by atoms with Crippen molar-refractivity contribution < 1.29 is 0 Å². The van der Waals surface area contributed by atoms with Gasteiger partial charge in [-0.2, -0.15) is 0 Å². The van der Waals surface area contributed by atoms with E-state index in [4.69, 9.17) is 5.73 Å². The Kier molecular flexibility index (Phi) is 1.74. The number of hydrogen-bond donors (Lipinski definition) is 1. The summed E-state index contributed by atoms with van der Waals surface area (Å²) in [6, 6.07) is 10.6. The molecule has 13 heavy (non-hydrogen) atoms. The summed E-state index contributed by atoms with van der Waals surface area (Å²) < 4.78 is 0. The largest absolute Gasteiger partial charge is 0.330 e. The van der Waals surface area contributed by atoms with Crippen molar-refractivity contribution in [1.29, 1.82) is 0 Å². The van der Waals surface area contributed by atoms with Gasteiger partial charge in [0, 0.05) is 12.0 Å². The maximum Gasteiger partial charge on any atom is 0.0132 e. The highest BCUT2D eigenvalue weighted by molar-refractivity contribution is 5.37. The lowest BCUT2D eigenvalue weighted by molar-refractivity contribution is 0.503. The highest BCUT2D eigenvalue weighted by atomic mass is 14.7. The van der Waals surface area contributed by atoms with Gasteiger partial charge in [0.15, 0.2) is 0 Å². The van der Waals surface area contributed by atoms with E-state index in [1.54, 1.807) is 0 Å². The van der Waals surface area contributed by atoms with Gasteiger partial charge in [0.05, 0.1) is 0 Å². The summed E-state index contributed by atoms with van der Waals surface area (Å²) in [7, 11) is 0. The van der Waals surface area contributed by atoms with Crippen LogP contribution in [0.25, 0.3) is 0 Å². The zero-order valence-corrected chi connectivity index (χ0v) is 8.38. The molecule has 0 aromatic heterocycles. The normalized spacial score (nSPS) is 30.1. The lowest BCUT2D eigenvalue weighted by Gasteiger charge is -2.18. The molecule has 0 heterocycles. The molecule has 1 aromatic rings. The lowest BCUT2D eigenvalue weighted by Crippen LogP contribution is -2.25. The summed E-state index contributed by atoms with van der Waals surface area (Å²) in [5.41, 5.74) is 7.93. The van der Waals surface area contributed by atoms with Gasteiger partial charge in [-0.05, 0) is 17.4 Å². The van der Waals surface area contributed by atoms with E-state index in [2.05, 4.69) is 44.2 Å². The summed E-state index contributed by atoms with van der Waals surface area (Å²) in [5.74, 6) is 0. The van der Waals surface area contributed by atoms with Gasteiger partial charge in [-0.3, -0.25) is 0 Å². The number of hydrogen-bond acceptors (Lipinski definition) is 1. The summed E-state index contributed by atoms with van der Waals surface area (Å²) in [4.78, 5) is 0. The molecule has 0 bridgehead atoms. The Morgan fingerprint density at radius 1 is 1.23 bits per heavy atom. The van der Waals surface area contributed by atoms with Crippen LogP contribution in [0, 0.1) is 5.41 Å². The molecule has 1 aliphatic rings. The van der Waals surface area contributed by atoms with E-state index in [9.17, 15) is 0 Å². The molecule has 1 saturated carbocycles. The molecule has 1 atom stereocenters. The third-order valence-electron chi connectivity index (χ3n) is 3.59. The number of nitrogens with two attached hydrogens (primary N) is 1. The van der Waals surface area contributed by atoms with Crippen LogP contribution < -0.4 is 5.73 Å². The molecule has 1 fully saturated rings. The van der Waals surface area contributed by atoms with Gasteiger partial charge in [0.1, 0.15) is 0 Å². The first-order chi connectivity index (χ1) is 6.12. The van der Waals surface area contributed by atoms with Crippen molar-refractivity contribution >= 4 is 0 Å². The van der Waals surface area contributed by atoms with E-state index in [0.717, 1.165) is 6.54 Å². The molecular formula is C12H17N. The van der Waals surface area contributed by atoms with Crippen LogP contribution in [-0.4, -0.2) is 6.54 Å². The topological polar surface area (TPSA) is 26.0 Å². The monoisotopic (exact) mass is 175 g/mol. The molecule has 0 amide bonds. The van der Waals surface area contributed by atoms with Crippen molar-refractivity contribution in [3.63, 3.8) is 0 Å². The summed E-state index contributed by atoms with van der Waals surface area (Å²) in [6.45, 7) is 5.36. The van der Waals surface area contributed by atoms with Crippen molar-refractivity contribution in [3.05, 3.63) is 35.9 Å². The minimum atomic E-state index is 0.258. The SMILES string of the molecule is CC1(C)C[C@@]1(CN)c1ccccc1. The second-order valence-electron chi connectivity index (χ2n) is 4.71. The van der Waals surface area contributed by atoms with Crippen LogP contribution in [0.15, 0.2) is 30.3 Å². The second kappa shape index (κ2) is 2.58. The maximum absolute atomic E-state index is 5.88. The fourth-order valence-electron chi connectivity index (χ4n) is 2.43. The molecule has 0 spiro atoms. The molecule has 1 aromatic carbocycles. The molecule has 2 rings (SSSR count). The Morgan fingerprint density at radius 3 is 2.15 bits per heavy atom. The third kappa shape index (κ3) is 1.11. The smallest absolute Gasteiger partial charge is 0.0132 e. The van der Waals surface area contributed by atoms with Gasteiger partial charge in [0.25, 0.3) is 0 Å². The standard InChI is InChI=1S/C12H17N/c1-11(2)8-12(11,9-13)10-6-4-3-5-7-10/h3-7H,8-9,13H2,1-2H3/t12-/m1/s1. The molecule has 1 nitrogen and oxygen atoms in total. The van der Waals surface area contributed by atoms with Gasteiger partial charge in [-0.25, -0.2) is 0 Å². The summed E-state index contributed by atoms with van der Waals surface area (Å²) in [5, 5.41) is 0. The van der Waals surface area contributed by atoms with Gasteiger partial charge >= 0.3 is 0 Å². The van der Waals surface area contributed by atoms with Crippen LogP contribution in [0.5, 0.6) is 0 Å². The van der Waals surface area contributed by atoms with Crippen molar-refractivity contribution in [1.82, 2.24) is 0 Å². The predicted molar refractivity (Wildman–Crippen MR) is 55.6 cm³/mol. The number of rotatable bonds is 2. The molecule has 0 saturated heterocycles. The van der Waals surface area contributed by atoms with Crippen LogP contribution in [0.3, 0.4) is 0 Å². The zero-order chi connectivity index (χ0) is 9.53. The van der Waals surface area contributed by atoms with Crippen LogP contribution >= 0.6 is 0 Å². The molecule has 0 radical (unpaired) electrons. The Morgan fingerprint density at radius 2 is 1.77 bits per heavy atom. The Balaban J connectivity index is 2.37. The number of benzene rings is 1. The van der Waals surface area contributed by atoms with Crippen molar-refractivity contribution in [2.45, 2.75) is 25.7 Å². The van der Waals surface area contributed by atoms with Crippen LogP contribution in [-0.2, 0) is 5.41 Å². The summed E-state index contributed by atoms with van der Waals surface area (Å²) >= 11 is 0. The first kappa shape index (κ1) is 8.76. The zero-order valence-electron chi connectivity index (χ0n) is 8.38. The average molecular weight is 175 g/mol. The molecule has 70 valence electrons. The second-order valence-corrected chi connectivity index (χ2v) is 4.71. The lowest BCUT2D eigenvalue weighted by atomic mass is 9.88. The van der Waals surface area contributed by atoms with E-state index in [1.807, 2.05) is 0 Å². The van der Waals surface area contributed by atoms with Crippen molar-refractivity contribution in [2.75, 3.05) is 6.54 Å². The van der Waals surface area contributed by atoms with Gasteiger partial charge in [-0.1, -0.05) is 44.2 Å². The molecule has 0 aliphatic heterocycles. The minimum absolute atomic E-state index is 0.258. The van der Waals surface area contributed by atoms with E-state index >= 15 is 0 Å². The van der Waals surface area contributed by atoms with Gasteiger partial charge in [0.2, 0.25) is 0 Å². The average Bonchev–Trinajstić information content (AvgIpc) is 2.72. The van der Waals surface area contributed by atoms with E-state index in [1.165, 1.54) is 12.0 Å². The Labute approximate surface area is 80.0 Å². The summed E-state index contributed by atoms with van der Waals surface area (Å²) in [6.07, 6.45) is 1.22. The molecule has 1 aliphatic carbocycles. The van der Waals surface area contributed by atoms with E-state index in [-0.39, 0.29) is 5.41 Å². The van der Waals surface area contributed by atoms with Crippen molar-refractivity contribution in [3.8, 4) is 0 Å². The highest BCUT2D eigenvalue weighted by Gasteiger charge is 2.60. The van der Waals surface area contributed by atoms with Crippen LogP contribution in [0.1, 0.15) is 25.8 Å². The molecular weight excluding hydrogens is 158 g/mol. The fourth-order valence-corrected chi connectivity index (χ4v) is 2.43. The maximum atomic E-state index is 5.88. The Bertz CT molecular complexity index is 302. The minimum Gasteiger partial charge on any atom is -0.330 e. The first-order valence-corrected chi connectivity index (χ1v) is 4.88.